The molecular formula is C15H22N4O4S. The van der Waals surface area contributed by atoms with Crippen LogP contribution in [0.3, 0.4) is 0 Å². The lowest BCUT2D eigenvalue weighted by atomic mass is 10.3. The Balaban J connectivity index is 1.96. The second-order valence-corrected chi connectivity index (χ2v) is 6.97. The van der Waals surface area contributed by atoms with E-state index in [1.54, 1.807) is 19.2 Å². The van der Waals surface area contributed by atoms with Gasteiger partial charge in [-0.05, 0) is 24.6 Å². The molecule has 0 fully saturated rings. The molecule has 2 rings (SSSR count). The predicted molar refractivity (Wildman–Crippen MR) is 91.7 cm³/mol. The molecule has 0 bridgehead atoms. The largest absolute Gasteiger partial charge is 0.383 e. The minimum atomic E-state index is -3.69. The van der Waals surface area contributed by atoms with Gasteiger partial charge in [0.15, 0.2) is 0 Å². The summed E-state index contributed by atoms with van der Waals surface area (Å²) in [7, 11) is -2.11. The first-order chi connectivity index (χ1) is 11.5. The topological polar surface area (TPSA) is 109 Å². The fourth-order valence-corrected chi connectivity index (χ4v) is 3.29. The van der Waals surface area contributed by atoms with E-state index >= 15 is 0 Å². The molecule has 0 aromatic heterocycles. The normalized spacial score (nSPS) is 14.3. The zero-order valence-electron chi connectivity index (χ0n) is 13.5. The fourth-order valence-electron chi connectivity index (χ4n) is 2.16. The maximum absolute atomic E-state index is 12.3. The highest BCUT2D eigenvalue weighted by atomic mass is 32.2. The average molecular weight is 354 g/mol. The number of rotatable bonds is 8. The van der Waals surface area contributed by atoms with Gasteiger partial charge in [-0.15, -0.1) is 0 Å². The van der Waals surface area contributed by atoms with E-state index < -0.39 is 10.0 Å². The van der Waals surface area contributed by atoms with Gasteiger partial charge < -0.3 is 15.4 Å². The maximum Gasteiger partial charge on any atom is 0.262 e. The van der Waals surface area contributed by atoms with Crippen molar-refractivity contribution in [1.29, 1.82) is 0 Å². The molecule has 1 heterocycles. The molecule has 24 heavy (non-hydrogen) atoms. The first-order valence-corrected chi connectivity index (χ1v) is 9.15. The summed E-state index contributed by atoms with van der Waals surface area (Å²) < 4.78 is 32.0. The Bertz CT molecular complexity index is 703. The van der Waals surface area contributed by atoms with E-state index in [2.05, 4.69) is 20.3 Å². The molecule has 132 valence electrons. The first kappa shape index (κ1) is 18.4. The van der Waals surface area contributed by atoms with Gasteiger partial charge in [-0.1, -0.05) is 6.07 Å². The monoisotopic (exact) mass is 354 g/mol. The predicted octanol–water partition coefficient (Wildman–Crippen LogP) is 0.332. The lowest BCUT2D eigenvalue weighted by Crippen LogP contribution is -2.31. The molecule has 1 amide bonds. The Labute approximate surface area is 141 Å². The summed E-state index contributed by atoms with van der Waals surface area (Å²) in [5, 5.41) is 5.58. The van der Waals surface area contributed by atoms with E-state index in [4.69, 9.17) is 4.74 Å². The van der Waals surface area contributed by atoms with Gasteiger partial charge in [-0.2, -0.15) is 0 Å². The van der Waals surface area contributed by atoms with Crippen molar-refractivity contribution in [1.82, 2.24) is 10.0 Å². The number of benzene rings is 1. The van der Waals surface area contributed by atoms with Crippen LogP contribution in [0.2, 0.25) is 0 Å². The molecule has 0 spiro atoms. The molecule has 3 N–H and O–H groups in total. The number of amidine groups is 1. The van der Waals surface area contributed by atoms with Crippen LogP contribution in [0.1, 0.15) is 12.8 Å². The molecule has 9 heteroatoms. The third kappa shape index (κ3) is 5.59. The van der Waals surface area contributed by atoms with Crippen LogP contribution in [0, 0.1) is 0 Å². The van der Waals surface area contributed by atoms with Crippen molar-refractivity contribution in [3.05, 3.63) is 24.3 Å². The van der Waals surface area contributed by atoms with Crippen molar-refractivity contribution < 1.29 is 17.9 Å². The molecule has 1 aromatic rings. The minimum Gasteiger partial charge on any atom is -0.383 e. The second kappa shape index (κ2) is 8.76. The third-order valence-corrected chi connectivity index (χ3v) is 4.70. The van der Waals surface area contributed by atoms with Crippen molar-refractivity contribution in [2.24, 2.45) is 4.99 Å². The summed E-state index contributed by atoms with van der Waals surface area (Å²) in [5.41, 5.74) is 0.421. The highest BCUT2D eigenvalue weighted by molar-refractivity contribution is 7.90. The van der Waals surface area contributed by atoms with Gasteiger partial charge in [0.1, 0.15) is 5.84 Å². The van der Waals surface area contributed by atoms with Crippen LogP contribution in [0.15, 0.2) is 34.2 Å². The van der Waals surface area contributed by atoms with Crippen molar-refractivity contribution in [3.8, 4) is 0 Å². The van der Waals surface area contributed by atoms with E-state index in [-0.39, 0.29) is 17.3 Å². The quantitative estimate of drug-likeness (QED) is 0.583. The zero-order chi connectivity index (χ0) is 17.4. The van der Waals surface area contributed by atoms with Gasteiger partial charge in [-0.25, -0.2) is 8.42 Å². The van der Waals surface area contributed by atoms with Crippen LogP contribution in [0.25, 0.3) is 0 Å². The summed E-state index contributed by atoms with van der Waals surface area (Å²) in [5.74, 6) is 0.223. The van der Waals surface area contributed by atoms with Crippen LogP contribution in [-0.2, 0) is 19.6 Å². The second-order valence-electron chi connectivity index (χ2n) is 5.28. The van der Waals surface area contributed by atoms with Gasteiger partial charge >= 0.3 is 0 Å². The Hall–Kier alpha value is -1.97. The summed E-state index contributed by atoms with van der Waals surface area (Å²) in [6.07, 6.45) is 1.48. The number of aliphatic imine (C=N–C) groups is 1. The van der Waals surface area contributed by atoms with Crippen molar-refractivity contribution in [3.63, 3.8) is 0 Å². The third-order valence-electron chi connectivity index (χ3n) is 3.32. The standard InChI is InChI=1S/C15H22N4O4S/c1-23-9-8-16-11-15(20)18-12-4-2-5-13(10-12)24(21,22)19-14-6-3-7-17-14/h2,4-5,10,16H,3,6-9,11H2,1H3,(H,17,19)(H,18,20). The van der Waals surface area contributed by atoms with Gasteiger partial charge in [0.25, 0.3) is 10.0 Å². The number of nitrogens with zero attached hydrogens (tertiary/aromatic N) is 1. The molecule has 0 unspecified atom stereocenters. The van der Waals surface area contributed by atoms with E-state index in [0.29, 0.717) is 37.6 Å². The minimum absolute atomic E-state index is 0.0854. The first-order valence-electron chi connectivity index (χ1n) is 7.67. The van der Waals surface area contributed by atoms with Crippen LogP contribution < -0.4 is 15.4 Å². The fraction of sp³-hybridized carbons (Fsp3) is 0.467. The van der Waals surface area contributed by atoms with Gasteiger partial charge in [-0.3, -0.25) is 14.5 Å². The Morgan fingerprint density at radius 2 is 2.21 bits per heavy atom. The molecule has 8 nitrogen and oxygen atoms in total. The van der Waals surface area contributed by atoms with Crippen molar-refractivity contribution in [2.75, 3.05) is 38.7 Å². The zero-order valence-corrected chi connectivity index (χ0v) is 14.4. The number of methoxy groups -OCH3 is 1. The highest BCUT2D eigenvalue weighted by Crippen LogP contribution is 2.16. The Morgan fingerprint density at radius 1 is 1.38 bits per heavy atom. The molecule has 0 atom stereocenters. The van der Waals surface area contributed by atoms with E-state index in [0.717, 1.165) is 6.42 Å². The van der Waals surface area contributed by atoms with Crippen LogP contribution in [0.5, 0.6) is 0 Å². The lowest BCUT2D eigenvalue weighted by molar-refractivity contribution is -0.115. The summed E-state index contributed by atoms with van der Waals surface area (Å²) in [6, 6.07) is 6.12. The van der Waals surface area contributed by atoms with Crippen LogP contribution in [-0.4, -0.2) is 53.5 Å². The number of nitrogens with one attached hydrogen (secondary N) is 3. The number of amides is 1. The molecule has 1 aromatic carbocycles. The van der Waals surface area contributed by atoms with E-state index in [1.165, 1.54) is 12.1 Å². The number of ether oxygens (including phenoxy) is 1. The average Bonchev–Trinajstić information content (AvgIpc) is 3.04. The van der Waals surface area contributed by atoms with E-state index in [1.807, 2.05) is 0 Å². The molecular weight excluding hydrogens is 332 g/mol. The van der Waals surface area contributed by atoms with Crippen LogP contribution >= 0.6 is 0 Å². The summed E-state index contributed by atoms with van der Waals surface area (Å²) in [6.45, 7) is 1.83. The number of carbonyl (C=O) groups is 1. The molecule has 0 saturated heterocycles. The number of anilines is 1. The molecule has 1 aliphatic heterocycles. The maximum atomic E-state index is 12.3. The van der Waals surface area contributed by atoms with Gasteiger partial charge in [0, 0.05) is 32.3 Å². The Morgan fingerprint density at radius 3 is 2.92 bits per heavy atom. The number of sulfonamides is 1. The molecule has 0 aliphatic carbocycles. The molecule has 0 saturated carbocycles. The number of carbonyl (C=O) groups excluding carboxylic acids is 1. The SMILES string of the molecule is COCCNCC(=O)Nc1cccc(S(=O)(=O)NC2=NCCC2)c1. The highest BCUT2D eigenvalue weighted by Gasteiger charge is 2.18. The summed E-state index contributed by atoms with van der Waals surface area (Å²) in [4.78, 5) is 16.0. The smallest absolute Gasteiger partial charge is 0.262 e. The number of hydrogen-bond acceptors (Lipinski definition) is 6. The van der Waals surface area contributed by atoms with Crippen LogP contribution in [0.4, 0.5) is 5.69 Å². The number of hydrogen-bond donors (Lipinski definition) is 3. The molecule has 0 radical (unpaired) electrons. The van der Waals surface area contributed by atoms with Crippen molar-refractivity contribution >= 4 is 27.5 Å². The molecule has 1 aliphatic rings. The van der Waals surface area contributed by atoms with E-state index in [9.17, 15) is 13.2 Å². The Kier molecular flexibility index (Phi) is 6.71. The summed E-state index contributed by atoms with van der Waals surface area (Å²) >= 11 is 0. The van der Waals surface area contributed by atoms with Gasteiger partial charge in [0.2, 0.25) is 5.91 Å². The van der Waals surface area contributed by atoms with Crippen molar-refractivity contribution in [2.45, 2.75) is 17.7 Å². The van der Waals surface area contributed by atoms with Gasteiger partial charge in [0.05, 0.1) is 18.0 Å². The lowest BCUT2D eigenvalue weighted by Gasteiger charge is -2.10.